The van der Waals surface area contributed by atoms with E-state index in [0.29, 0.717) is 4.68 Å². The van der Waals surface area contributed by atoms with Crippen LogP contribution in [0.25, 0.3) is 5.69 Å². The lowest BCUT2D eigenvalue weighted by Gasteiger charge is -2.09. The molecule has 9 heteroatoms. The maximum Gasteiger partial charge on any atom is 0.435 e. The number of carboxylic acid groups (broad SMARTS) is 1. The maximum atomic E-state index is 12.9. The Bertz CT molecular complexity index is 662. The van der Waals surface area contributed by atoms with Gasteiger partial charge in [-0.2, -0.15) is 13.2 Å². The number of carboxylic acids is 1. The normalized spacial score (nSPS) is 11.3. The molecule has 0 aliphatic rings. The van der Waals surface area contributed by atoms with Gasteiger partial charge in [0, 0.05) is 0 Å². The molecule has 0 saturated heterocycles. The highest BCUT2D eigenvalue weighted by atomic mass is 19.4. The number of aromatic carboxylic acids is 1. The van der Waals surface area contributed by atoms with Gasteiger partial charge in [0.2, 0.25) is 0 Å². The van der Waals surface area contributed by atoms with Gasteiger partial charge in [0.15, 0.2) is 17.7 Å². The largest absolute Gasteiger partial charge is 0.478 e. The van der Waals surface area contributed by atoms with E-state index in [9.17, 15) is 22.8 Å². The van der Waals surface area contributed by atoms with Crippen LogP contribution >= 0.6 is 0 Å². The fraction of sp³-hybridized carbons (Fsp3) is 0.0909. The Morgan fingerprint density at radius 1 is 1.25 bits per heavy atom. The van der Waals surface area contributed by atoms with Crippen LogP contribution in [0.4, 0.5) is 13.2 Å². The average molecular weight is 285 g/mol. The molecule has 1 aromatic carbocycles. The second kappa shape index (κ2) is 4.76. The van der Waals surface area contributed by atoms with Crippen molar-refractivity contribution in [2.24, 2.45) is 0 Å². The molecule has 0 saturated carbocycles. The van der Waals surface area contributed by atoms with Crippen molar-refractivity contribution in [3.8, 4) is 5.69 Å². The predicted octanol–water partition coefficient (Wildman–Crippen LogP) is 1.80. The molecule has 6 nitrogen and oxygen atoms in total. The summed E-state index contributed by atoms with van der Waals surface area (Å²) in [5, 5.41) is 15.1. The highest BCUT2D eigenvalue weighted by molar-refractivity contribution is 5.87. The van der Waals surface area contributed by atoms with Crippen LogP contribution in [0.2, 0.25) is 0 Å². The van der Waals surface area contributed by atoms with Gasteiger partial charge in [0.05, 0.1) is 11.3 Å². The predicted molar refractivity (Wildman–Crippen MR) is 58.7 cm³/mol. The van der Waals surface area contributed by atoms with E-state index in [-0.39, 0.29) is 17.5 Å². The number of benzene rings is 1. The van der Waals surface area contributed by atoms with E-state index in [4.69, 9.17) is 5.11 Å². The van der Waals surface area contributed by atoms with Crippen LogP contribution in [0.15, 0.2) is 24.3 Å². The molecule has 2 aromatic rings. The van der Waals surface area contributed by atoms with Crippen molar-refractivity contribution in [2.45, 2.75) is 6.18 Å². The molecule has 0 radical (unpaired) electrons. The smallest absolute Gasteiger partial charge is 0.435 e. The van der Waals surface area contributed by atoms with Crippen molar-refractivity contribution in [3.63, 3.8) is 0 Å². The van der Waals surface area contributed by atoms with Crippen LogP contribution in [0.3, 0.4) is 0 Å². The van der Waals surface area contributed by atoms with Gasteiger partial charge in [-0.25, -0.2) is 9.48 Å². The van der Waals surface area contributed by atoms with Gasteiger partial charge in [0.1, 0.15) is 0 Å². The van der Waals surface area contributed by atoms with Crippen molar-refractivity contribution >= 4 is 12.3 Å². The second-order valence-corrected chi connectivity index (χ2v) is 3.70. The number of alkyl halides is 3. The lowest BCUT2D eigenvalue weighted by molar-refractivity contribution is -0.143. The number of halogens is 3. The standard InChI is InChI=1S/C11H6F3N3O3/c12-11(13,14)9-8(5-18)15-16-17(9)7-3-1-6(2-4-7)10(19)20/h1-5H,(H,19,20). The first-order chi connectivity index (χ1) is 9.34. The highest BCUT2D eigenvalue weighted by Gasteiger charge is 2.39. The van der Waals surface area contributed by atoms with E-state index < -0.39 is 23.5 Å². The number of nitrogens with zero attached hydrogens (tertiary/aromatic N) is 3. The Balaban J connectivity index is 2.55. The third-order valence-electron chi connectivity index (χ3n) is 2.44. The molecule has 1 aromatic heterocycles. The van der Waals surface area contributed by atoms with Gasteiger partial charge in [0.25, 0.3) is 0 Å². The molecule has 20 heavy (non-hydrogen) atoms. The zero-order chi connectivity index (χ0) is 14.9. The SMILES string of the molecule is O=Cc1nnn(-c2ccc(C(=O)O)cc2)c1C(F)(F)F. The number of hydrogen-bond donors (Lipinski definition) is 1. The molecule has 0 spiro atoms. The third-order valence-corrected chi connectivity index (χ3v) is 2.44. The zero-order valence-corrected chi connectivity index (χ0v) is 9.63. The molecule has 0 amide bonds. The summed E-state index contributed by atoms with van der Waals surface area (Å²) in [6, 6.07) is 4.53. The number of aldehydes is 1. The summed E-state index contributed by atoms with van der Waals surface area (Å²) in [5.74, 6) is -1.21. The van der Waals surface area contributed by atoms with Crippen molar-refractivity contribution in [1.29, 1.82) is 0 Å². The number of aromatic nitrogens is 3. The lowest BCUT2D eigenvalue weighted by atomic mass is 10.2. The molecule has 0 bridgehead atoms. The quantitative estimate of drug-likeness (QED) is 0.869. The topological polar surface area (TPSA) is 85.1 Å². The van der Waals surface area contributed by atoms with Crippen LogP contribution in [-0.4, -0.2) is 32.4 Å². The molecule has 2 rings (SSSR count). The van der Waals surface area contributed by atoms with E-state index in [1.54, 1.807) is 0 Å². The molecule has 0 atom stereocenters. The minimum Gasteiger partial charge on any atom is -0.478 e. The summed E-state index contributed by atoms with van der Waals surface area (Å²) in [4.78, 5) is 21.2. The average Bonchev–Trinajstić information content (AvgIpc) is 2.82. The van der Waals surface area contributed by atoms with E-state index >= 15 is 0 Å². The third kappa shape index (κ3) is 2.37. The molecule has 1 heterocycles. The van der Waals surface area contributed by atoms with E-state index in [0.717, 1.165) is 24.3 Å². The number of rotatable bonds is 3. The van der Waals surface area contributed by atoms with Crippen molar-refractivity contribution in [3.05, 3.63) is 41.2 Å². The van der Waals surface area contributed by atoms with Gasteiger partial charge in [-0.3, -0.25) is 4.79 Å². The van der Waals surface area contributed by atoms with Crippen LogP contribution in [0.1, 0.15) is 26.5 Å². The van der Waals surface area contributed by atoms with Crippen LogP contribution < -0.4 is 0 Å². The summed E-state index contributed by atoms with van der Waals surface area (Å²) < 4.78 is 39.0. The van der Waals surface area contributed by atoms with Crippen LogP contribution in [-0.2, 0) is 6.18 Å². The van der Waals surface area contributed by atoms with Crippen molar-refractivity contribution < 1.29 is 27.9 Å². The fourth-order valence-electron chi connectivity index (χ4n) is 1.56. The summed E-state index contributed by atoms with van der Waals surface area (Å²) in [7, 11) is 0. The van der Waals surface area contributed by atoms with Crippen molar-refractivity contribution in [2.75, 3.05) is 0 Å². The van der Waals surface area contributed by atoms with E-state index in [2.05, 4.69) is 10.3 Å². The Morgan fingerprint density at radius 2 is 1.85 bits per heavy atom. The molecule has 0 aliphatic heterocycles. The van der Waals surface area contributed by atoms with E-state index in [1.807, 2.05) is 0 Å². The number of carbonyl (C=O) groups is 2. The molecule has 0 fully saturated rings. The Morgan fingerprint density at radius 3 is 2.30 bits per heavy atom. The lowest BCUT2D eigenvalue weighted by Crippen LogP contribution is -2.15. The minimum absolute atomic E-state index is 0.0437. The molecular weight excluding hydrogens is 279 g/mol. The van der Waals surface area contributed by atoms with E-state index in [1.165, 1.54) is 0 Å². The van der Waals surface area contributed by atoms with Gasteiger partial charge >= 0.3 is 12.1 Å². The van der Waals surface area contributed by atoms with Crippen molar-refractivity contribution in [1.82, 2.24) is 15.0 Å². The first-order valence-corrected chi connectivity index (χ1v) is 5.16. The minimum atomic E-state index is -4.81. The summed E-state index contributed by atoms with van der Waals surface area (Å²) in [6.45, 7) is 0. The van der Waals surface area contributed by atoms with Gasteiger partial charge in [-0.15, -0.1) is 5.10 Å². The summed E-state index contributed by atoms with van der Waals surface area (Å²) >= 11 is 0. The van der Waals surface area contributed by atoms with Gasteiger partial charge in [-0.05, 0) is 24.3 Å². The van der Waals surface area contributed by atoms with Gasteiger partial charge < -0.3 is 5.11 Å². The summed E-state index contributed by atoms with van der Waals surface area (Å²) in [5.41, 5.74) is -2.28. The summed E-state index contributed by atoms with van der Waals surface area (Å²) in [6.07, 6.45) is -4.86. The Labute approximate surface area is 109 Å². The zero-order valence-electron chi connectivity index (χ0n) is 9.63. The first-order valence-electron chi connectivity index (χ1n) is 5.16. The molecular formula is C11H6F3N3O3. The first kappa shape index (κ1) is 13.7. The van der Waals surface area contributed by atoms with Gasteiger partial charge in [-0.1, -0.05) is 5.21 Å². The molecule has 0 unspecified atom stereocenters. The second-order valence-electron chi connectivity index (χ2n) is 3.70. The number of hydrogen-bond acceptors (Lipinski definition) is 4. The monoisotopic (exact) mass is 285 g/mol. The van der Waals surface area contributed by atoms with Crippen LogP contribution in [0, 0.1) is 0 Å². The number of carbonyl (C=O) groups excluding carboxylic acids is 1. The Hall–Kier alpha value is -2.71. The molecule has 0 aliphatic carbocycles. The fourth-order valence-corrected chi connectivity index (χ4v) is 1.56. The van der Waals surface area contributed by atoms with Crippen LogP contribution in [0.5, 0.6) is 0 Å². The molecule has 104 valence electrons. The molecule has 1 N–H and O–H groups in total. The maximum absolute atomic E-state index is 12.9. The highest BCUT2D eigenvalue weighted by Crippen LogP contribution is 2.32. The Kier molecular flexibility index (Phi) is 3.26.